The maximum Gasteiger partial charge on any atom is 0.336 e. The molecule has 1 aliphatic heterocycles. The summed E-state index contributed by atoms with van der Waals surface area (Å²) in [6, 6.07) is 6.21. The number of nitrogens with one attached hydrogen (secondary N) is 1. The Morgan fingerprint density at radius 3 is 2.91 bits per heavy atom. The lowest BCUT2D eigenvalue weighted by molar-refractivity contribution is -0.147. The van der Waals surface area contributed by atoms with E-state index in [1.807, 2.05) is 19.1 Å². The Morgan fingerprint density at radius 2 is 2.18 bits per heavy atom. The Morgan fingerprint density at radius 1 is 1.36 bits per heavy atom. The SMILES string of the molecule is Cc1ccc2c(COC(=O)[C@@H]3CCC(=O)N3)cc(=O)oc2c1. The number of hydrogen-bond donors (Lipinski definition) is 1. The summed E-state index contributed by atoms with van der Waals surface area (Å²) in [7, 11) is 0. The summed E-state index contributed by atoms with van der Waals surface area (Å²) < 4.78 is 10.4. The van der Waals surface area contributed by atoms with Gasteiger partial charge >= 0.3 is 11.6 Å². The number of rotatable bonds is 3. The molecule has 0 saturated carbocycles. The second-order valence-electron chi connectivity index (χ2n) is 5.36. The van der Waals surface area contributed by atoms with Gasteiger partial charge in [-0.15, -0.1) is 0 Å². The lowest BCUT2D eigenvalue weighted by Crippen LogP contribution is -2.34. The van der Waals surface area contributed by atoms with E-state index in [0.29, 0.717) is 24.0 Å². The first kappa shape index (κ1) is 14.3. The minimum Gasteiger partial charge on any atom is -0.459 e. The van der Waals surface area contributed by atoms with Gasteiger partial charge in [0.25, 0.3) is 0 Å². The van der Waals surface area contributed by atoms with Crippen molar-refractivity contribution in [2.75, 3.05) is 0 Å². The predicted molar refractivity (Wildman–Crippen MR) is 78.2 cm³/mol. The van der Waals surface area contributed by atoms with Gasteiger partial charge in [0.05, 0.1) is 0 Å². The van der Waals surface area contributed by atoms with E-state index in [0.717, 1.165) is 10.9 Å². The van der Waals surface area contributed by atoms with Crippen LogP contribution in [0.25, 0.3) is 11.0 Å². The fourth-order valence-corrected chi connectivity index (χ4v) is 2.50. The standard InChI is InChI=1S/C16H15NO5/c1-9-2-3-11-10(7-15(19)22-13(11)6-9)8-21-16(20)12-4-5-14(18)17-12/h2-3,6-7,12H,4-5,8H2,1H3,(H,17,18)/t12-/m0/s1. The molecule has 1 aromatic heterocycles. The second kappa shape index (κ2) is 5.63. The maximum absolute atomic E-state index is 11.9. The zero-order chi connectivity index (χ0) is 15.7. The summed E-state index contributed by atoms with van der Waals surface area (Å²) in [5.41, 5.74) is 1.54. The van der Waals surface area contributed by atoms with Crippen LogP contribution in [0.4, 0.5) is 0 Å². The zero-order valence-electron chi connectivity index (χ0n) is 12.0. The van der Waals surface area contributed by atoms with E-state index in [4.69, 9.17) is 9.15 Å². The molecule has 1 aliphatic rings. The van der Waals surface area contributed by atoms with E-state index < -0.39 is 17.6 Å². The van der Waals surface area contributed by atoms with Crippen LogP contribution < -0.4 is 10.9 Å². The van der Waals surface area contributed by atoms with E-state index >= 15 is 0 Å². The molecule has 0 aliphatic carbocycles. The number of benzene rings is 1. The molecule has 114 valence electrons. The number of carbonyl (C=O) groups is 2. The molecule has 1 N–H and O–H groups in total. The lowest BCUT2D eigenvalue weighted by Gasteiger charge is -2.11. The van der Waals surface area contributed by atoms with E-state index in [1.54, 1.807) is 6.07 Å². The molecule has 0 radical (unpaired) electrons. The first-order chi connectivity index (χ1) is 10.5. The molecule has 1 amide bonds. The van der Waals surface area contributed by atoms with Gasteiger partial charge < -0.3 is 14.5 Å². The highest BCUT2D eigenvalue weighted by molar-refractivity contribution is 5.88. The summed E-state index contributed by atoms with van der Waals surface area (Å²) >= 11 is 0. The van der Waals surface area contributed by atoms with Crippen molar-refractivity contribution in [2.24, 2.45) is 0 Å². The number of fused-ring (bicyclic) bond motifs is 1. The van der Waals surface area contributed by atoms with Gasteiger partial charge in [-0.1, -0.05) is 12.1 Å². The topological polar surface area (TPSA) is 85.6 Å². The molecule has 3 rings (SSSR count). The summed E-state index contributed by atoms with van der Waals surface area (Å²) in [4.78, 5) is 34.6. The Balaban J connectivity index is 1.80. The minimum absolute atomic E-state index is 0.0314. The van der Waals surface area contributed by atoms with Gasteiger partial charge in [0.15, 0.2) is 0 Å². The molecule has 1 atom stereocenters. The summed E-state index contributed by atoms with van der Waals surface area (Å²) in [5, 5.41) is 3.28. The molecule has 1 aromatic carbocycles. The van der Waals surface area contributed by atoms with Gasteiger partial charge in [0, 0.05) is 23.4 Å². The minimum atomic E-state index is -0.596. The molecule has 2 heterocycles. The van der Waals surface area contributed by atoms with Crippen molar-refractivity contribution in [1.82, 2.24) is 5.32 Å². The van der Waals surface area contributed by atoms with Crippen molar-refractivity contribution in [1.29, 1.82) is 0 Å². The third-order valence-electron chi connectivity index (χ3n) is 3.64. The number of esters is 1. The molecule has 22 heavy (non-hydrogen) atoms. The Labute approximate surface area is 126 Å². The Hall–Kier alpha value is -2.63. The van der Waals surface area contributed by atoms with Crippen molar-refractivity contribution in [3.8, 4) is 0 Å². The zero-order valence-corrected chi connectivity index (χ0v) is 12.0. The number of hydrogen-bond acceptors (Lipinski definition) is 5. The first-order valence-electron chi connectivity index (χ1n) is 7.02. The number of carbonyl (C=O) groups excluding carboxylic acids is 2. The van der Waals surface area contributed by atoms with Gasteiger partial charge in [0.2, 0.25) is 5.91 Å². The Kier molecular flexibility index (Phi) is 3.66. The van der Waals surface area contributed by atoms with Crippen molar-refractivity contribution in [2.45, 2.75) is 32.4 Å². The molecule has 1 fully saturated rings. The molecule has 6 heteroatoms. The van der Waals surface area contributed by atoms with E-state index in [9.17, 15) is 14.4 Å². The van der Waals surface area contributed by atoms with Crippen molar-refractivity contribution < 1.29 is 18.7 Å². The number of aryl methyl sites for hydroxylation is 1. The monoisotopic (exact) mass is 301 g/mol. The van der Waals surface area contributed by atoms with Crippen LogP contribution in [0, 0.1) is 6.92 Å². The average Bonchev–Trinajstić information content (AvgIpc) is 2.90. The van der Waals surface area contributed by atoms with E-state index in [-0.39, 0.29) is 12.5 Å². The van der Waals surface area contributed by atoms with Crippen LogP contribution in [-0.2, 0) is 20.9 Å². The first-order valence-corrected chi connectivity index (χ1v) is 7.02. The summed E-state index contributed by atoms with van der Waals surface area (Å²) in [5.74, 6) is -0.636. The molecule has 1 saturated heterocycles. The number of amides is 1. The third-order valence-corrected chi connectivity index (χ3v) is 3.64. The summed E-state index contributed by atoms with van der Waals surface area (Å²) in [6.45, 7) is 1.87. The average molecular weight is 301 g/mol. The summed E-state index contributed by atoms with van der Waals surface area (Å²) in [6.07, 6.45) is 0.769. The van der Waals surface area contributed by atoms with Crippen LogP contribution in [0.15, 0.2) is 33.5 Å². The van der Waals surface area contributed by atoms with Crippen LogP contribution in [0.1, 0.15) is 24.0 Å². The molecule has 2 aromatic rings. The fraction of sp³-hybridized carbons (Fsp3) is 0.312. The van der Waals surface area contributed by atoms with Gasteiger partial charge in [-0.25, -0.2) is 9.59 Å². The quantitative estimate of drug-likeness (QED) is 0.684. The fourth-order valence-electron chi connectivity index (χ4n) is 2.50. The van der Waals surface area contributed by atoms with Crippen LogP contribution >= 0.6 is 0 Å². The van der Waals surface area contributed by atoms with Gasteiger partial charge in [-0.05, 0) is 25.0 Å². The highest BCUT2D eigenvalue weighted by Gasteiger charge is 2.28. The Bertz CT molecular complexity index is 808. The van der Waals surface area contributed by atoms with Crippen LogP contribution in [-0.4, -0.2) is 17.9 Å². The highest BCUT2D eigenvalue weighted by Crippen LogP contribution is 2.19. The molecule has 0 bridgehead atoms. The molecule has 6 nitrogen and oxygen atoms in total. The third kappa shape index (κ3) is 2.86. The van der Waals surface area contributed by atoms with Crippen molar-refractivity contribution in [3.05, 3.63) is 45.8 Å². The normalized spacial score (nSPS) is 17.5. The van der Waals surface area contributed by atoms with Crippen LogP contribution in [0.5, 0.6) is 0 Å². The van der Waals surface area contributed by atoms with E-state index in [1.165, 1.54) is 6.07 Å². The van der Waals surface area contributed by atoms with Gasteiger partial charge in [-0.3, -0.25) is 4.79 Å². The highest BCUT2D eigenvalue weighted by atomic mass is 16.5. The van der Waals surface area contributed by atoms with Crippen molar-refractivity contribution in [3.63, 3.8) is 0 Å². The maximum atomic E-state index is 11.9. The number of ether oxygens (including phenoxy) is 1. The second-order valence-corrected chi connectivity index (χ2v) is 5.36. The van der Waals surface area contributed by atoms with Gasteiger partial charge in [0.1, 0.15) is 18.2 Å². The molecular weight excluding hydrogens is 286 g/mol. The smallest absolute Gasteiger partial charge is 0.336 e. The molecule has 0 spiro atoms. The molecule has 0 unspecified atom stereocenters. The van der Waals surface area contributed by atoms with E-state index in [2.05, 4.69) is 5.32 Å². The predicted octanol–water partition coefficient (Wildman–Crippen LogP) is 1.42. The van der Waals surface area contributed by atoms with Crippen LogP contribution in [0.3, 0.4) is 0 Å². The van der Waals surface area contributed by atoms with Crippen LogP contribution in [0.2, 0.25) is 0 Å². The lowest BCUT2D eigenvalue weighted by atomic mass is 10.1. The van der Waals surface area contributed by atoms with Gasteiger partial charge in [-0.2, -0.15) is 0 Å². The van der Waals surface area contributed by atoms with Crippen molar-refractivity contribution >= 4 is 22.8 Å². The largest absolute Gasteiger partial charge is 0.459 e. The molecular formula is C16H15NO5.